The standard InChI is InChI=1S/C15H14N6O2/c1-17-15(23)19-12-8-21-13(18-12)7-6-11(20-21)9-2-4-10(5-3-9)14(16)22/h2-8H,1H3,(H2,16,22)(H2,17,19,23). The summed E-state index contributed by atoms with van der Waals surface area (Å²) in [4.78, 5) is 26.6. The third kappa shape index (κ3) is 2.95. The van der Waals surface area contributed by atoms with Crippen molar-refractivity contribution in [3.63, 3.8) is 0 Å². The van der Waals surface area contributed by atoms with E-state index in [1.165, 1.54) is 7.05 Å². The SMILES string of the molecule is CNC(=O)Nc1cn2nc(-c3ccc(C(N)=O)cc3)ccc2n1. The highest BCUT2D eigenvalue weighted by Gasteiger charge is 2.08. The Morgan fingerprint density at radius 3 is 2.52 bits per heavy atom. The highest BCUT2D eigenvalue weighted by atomic mass is 16.2. The second kappa shape index (κ2) is 5.76. The number of carbonyl (C=O) groups is 2. The van der Waals surface area contributed by atoms with Crippen LogP contribution in [-0.2, 0) is 0 Å². The molecule has 8 heteroatoms. The molecule has 0 unspecified atom stereocenters. The number of urea groups is 1. The average molecular weight is 310 g/mol. The summed E-state index contributed by atoms with van der Waals surface area (Å²) in [5, 5.41) is 9.48. The largest absolute Gasteiger partial charge is 0.366 e. The van der Waals surface area contributed by atoms with Gasteiger partial charge in [0.25, 0.3) is 0 Å². The van der Waals surface area contributed by atoms with Crippen molar-refractivity contribution in [2.45, 2.75) is 0 Å². The van der Waals surface area contributed by atoms with E-state index >= 15 is 0 Å². The number of primary amides is 1. The van der Waals surface area contributed by atoms with Gasteiger partial charge in [0.1, 0.15) is 0 Å². The summed E-state index contributed by atoms with van der Waals surface area (Å²) < 4.78 is 1.57. The molecule has 0 radical (unpaired) electrons. The molecule has 0 aliphatic heterocycles. The normalized spacial score (nSPS) is 10.5. The zero-order valence-electron chi connectivity index (χ0n) is 12.3. The van der Waals surface area contributed by atoms with Crippen molar-refractivity contribution in [3.8, 4) is 11.3 Å². The molecule has 0 aliphatic rings. The fraction of sp³-hybridized carbons (Fsp3) is 0.0667. The number of amides is 3. The van der Waals surface area contributed by atoms with Crippen molar-refractivity contribution in [2.24, 2.45) is 5.73 Å². The molecular weight excluding hydrogens is 296 g/mol. The van der Waals surface area contributed by atoms with Crippen LogP contribution in [0.15, 0.2) is 42.6 Å². The smallest absolute Gasteiger partial charge is 0.320 e. The Labute approximate surface area is 131 Å². The Bertz CT molecular complexity index is 885. The van der Waals surface area contributed by atoms with Gasteiger partial charge in [-0.3, -0.25) is 10.1 Å². The maximum absolute atomic E-state index is 11.3. The van der Waals surface area contributed by atoms with Crippen molar-refractivity contribution in [1.82, 2.24) is 19.9 Å². The van der Waals surface area contributed by atoms with E-state index < -0.39 is 5.91 Å². The van der Waals surface area contributed by atoms with E-state index in [0.29, 0.717) is 22.7 Å². The lowest BCUT2D eigenvalue weighted by Gasteiger charge is -2.02. The van der Waals surface area contributed by atoms with Gasteiger partial charge in [-0.25, -0.2) is 14.3 Å². The maximum Gasteiger partial charge on any atom is 0.320 e. The number of nitrogens with two attached hydrogens (primary N) is 1. The molecule has 1 aromatic carbocycles. The van der Waals surface area contributed by atoms with Crippen LogP contribution in [0.3, 0.4) is 0 Å². The number of nitrogens with zero attached hydrogens (tertiary/aromatic N) is 3. The van der Waals surface area contributed by atoms with Gasteiger partial charge in [0.2, 0.25) is 5.91 Å². The van der Waals surface area contributed by atoms with E-state index in [0.717, 1.165) is 5.56 Å². The second-order valence-corrected chi connectivity index (χ2v) is 4.79. The summed E-state index contributed by atoms with van der Waals surface area (Å²) in [6, 6.07) is 10.1. The van der Waals surface area contributed by atoms with Crippen LogP contribution in [0.4, 0.5) is 10.6 Å². The van der Waals surface area contributed by atoms with Crippen LogP contribution >= 0.6 is 0 Å². The van der Waals surface area contributed by atoms with Crippen LogP contribution in [0.5, 0.6) is 0 Å². The summed E-state index contributed by atoms with van der Waals surface area (Å²) >= 11 is 0. The predicted octanol–water partition coefficient (Wildman–Crippen LogP) is 1.25. The predicted molar refractivity (Wildman–Crippen MR) is 85.0 cm³/mol. The number of nitrogens with one attached hydrogen (secondary N) is 2. The molecule has 0 atom stereocenters. The minimum absolute atomic E-state index is 0.351. The van der Waals surface area contributed by atoms with Crippen molar-refractivity contribution < 1.29 is 9.59 Å². The van der Waals surface area contributed by atoms with Gasteiger partial charge < -0.3 is 11.1 Å². The van der Waals surface area contributed by atoms with Crippen LogP contribution in [-0.4, -0.2) is 33.6 Å². The Morgan fingerprint density at radius 2 is 1.87 bits per heavy atom. The summed E-state index contributed by atoms with van der Waals surface area (Å²) in [6.45, 7) is 0. The van der Waals surface area contributed by atoms with Crippen molar-refractivity contribution in [1.29, 1.82) is 0 Å². The van der Waals surface area contributed by atoms with Crippen LogP contribution in [0.2, 0.25) is 0 Å². The van der Waals surface area contributed by atoms with Gasteiger partial charge in [-0.05, 0) is 24.3 Å². The van der Waals surface area contributed by atoms with E-state index in [1.807, 2.05) is 6.07 Å². The number of rotatable bonds is 3. The van der Waals surface area contributed by atoms with Gasteiger partial charge in [0, 0.05) is 18.2 Å². The molecule has 0 bridgehead atoms. The van der Waals surface area contributed by atoms with Crippen LogP contribution in [0.1, 0.15) is 10.4 Å². The molecule has 0 fully saturated rings. The minimum atomic E-state index is -0.473. The van der Waals surface area contributed by atoms with E-state index in [9.17, 15) is 9.59 Å². The first-order chi connectivity index (χ1) is 11.1. The first-order valence-electron chi connectivity index (χ1n) is 6.82. The fourth-order valence-electron chi connectivity index (χ4n) is 2.08. The quantitative estimate of drug-likeness (QED) is 0.675. The van der Waals surface area contributed by atoms with Gasteiger partial charge in [-0.1, -0.05) is 12.1 Å². The summed E-state index contributed by atoms with van der Waals surface area (Å²) in [6.07, 6.45) is 1.62. The molecular formula is C15H14N6O2. The fourth-order valence-corrected chi connectivity index (χ4v) is 2.08. The molecule has 116 valence electrons. The van der Waals surface area contributed by atoms with Gasteiger partial charge in [-0.15, -0.1) is 0 Å². The number of hydrogen-bond acceptors (Lipinski definition) is 4. The minimum Gasteiger partial charge on any atom is -0.366 e. The highest BCUT2D eigenvalue weighted by Crippen LogP contribution is 2.19. The molecule has 3 rings (SSSR count). The third-order valence-corrected chi connectivity index (χ3v) is 3.25. The lowest BCUT2D eigenvalue weighted by atomic mass is 10.1. The molecule has 23 heavy (non-hydrogen) atoms. The number of fused-ring (bicyclic) bond motifs is 1. The van der Waals surface area contributed by atoms with Crippen molar-refractivity contribution in [3.05, 3.63) is 48.2 Å². The Kier molecular flexibility index (Phi) is 3.63. The van der Waals surface area contributed by atoms with E-state index in [2.05, 4.69) is 20.7 Å². The summed E-state index contributed by atoms with van der Waals surface area (Å²) in [7, 11) is 1.53. The third-order valence-electron chi connectivity index (χ3n) is 3.25. The molecule has 8 nitrogen and oxygen atoms in total. The van der Waals surface area contributed by atoms with Crippen molar-refractivity contribution in [2.75, 3.05) is 12.4 Å². The number of aromatic nitrogens is 3. The van der Waals surface area contributed by atoms with E-state index in [4.69, 9.17) is 5.73 Å². The highest BCUT2D eigenvalue weighted by molar-refractivity contribution is 5.93. The first kappa shape index (κ1) is 14.5. The number of imidazole rings is 1. The average Bonchev–Trinajstić information content (AvgIpc) is 2.96. The van der Waals surface area contributed by atoms with Crippen LogP contribution in [0.25, 0.3) is 16.9 Å². The Morgan fingerprint density at radius 1 is 1.13 bits per heavy atom. The Balaban J connectivity index is 1.93. The molecule has 3 amide bonds. The van der Waals surface area contributed by atoms with E-state index in [1.54, 1.807) is 41.0 Å². The maximum atomic E-state index is 11.3. The molecule has 2 heterocycles. The second-order valence-electron chi connectivity index (χ2n) is 4.79. The number of anilines is 1. The number of hydrogen-bond donors (Lipinski definition) is 3. The molecule has 0 saturated carbocycles. The lowest BCUT2D eigenvalue weighted by Crippen LogP contribution is -2.24. The monoisotopic (exact) mass is 310 g/mol. The molecule has 3 aromatic rings. The summed E-state index contributed by atoms with van der Waals surface area (Å²) in [5.41, 5.74) is 7.81. The number of benzene rings is 1. The van der Waals surface area contributed by atoms with Gasteiger partial charge in [0.05, 0.1) is 11.9 Å². The van der Waals surface area contributed by atoms with E-state index in [-0.39, 0.29) is 6.03 Å². The molecule has 0 aliphatic carbocycles. The lowest BCUT2D eigenvalue weighted by molar-refractivity contribution is 0.100. The Hall–Kier alpha value is -3.42. The van der Waals surface area contributed by atoms with Crippen LogP contribution < -0.4 is 16.4 Å². The zero-order valence-corrected chi connectivity index (χ0v) is 12.3. The summed E-state index contributed by atoms with van der Waals surface area (Å²) in [5.74, 6) is -0.0717. The number of carbonyl (C=O) groups excluding carboxylic acids is 2. The molecule has 4 N–H and O–H groups in total. The molecule has 0 spiro atoms. The molecule has 2 aromatic heterocycles. The van der Waals surface area contributed by atoms with Gasteiger partial charge >= 0.3 is 6.03 Å². The van der Waals surface area contributed by atoms with Crippen molar-refractivity contribution >= 4 is 23.4 Å². The molecule has 0 saturated heterocycles. The topological polar surface area (TPSA) is 114 Å². The first-order valence-corrected chi connectivity index (χ1v) is 6.82. The zero-order chi connectivity index (χ0) is 16.4. The van der Waals surface area contributed by atoms with Crippen LogP contribution in [0, 0.1) is 0 Å². The van der Waals surface area contributed by atoms with Gasteiger partial charge in [-0.2, -0.15) is 5.10 Å². The van der Waals surface area contributed by atoms with Gasteiger partial charge in [0.15, 0.2) is 11.5 Å².